The van der Waals surface area contributed by atoms with Crippen LogP contribution in [0.4, 0.5) is 10.5 Å². The Labute approximate surface area is 136 Å². The second-order valence-corrected chi connectivity index (χ2v) is 5.65. The number of hydrogen-bond acceptors (Lipinski definition) is 4. The van der Waals surface area contributed by atoms with Crippen LogP contribution in [0.5, 0.6) is 5.75 Å². The average molecular weight is 317 g/mol. The fraction of sp³-hybridized carbons (Fsp3) is 0.471. The number of nitrogens with one attached hydrogen (secondary N) is 2. The minimum atomic E-state index is -0.791. The minimum Gasteiger partial charge on any atom is -0.497 e. The zero-order valence-electron chi connectivity index (χ0n) is 13.8. The Balaban J connectivity index is 2.49. The normalized spacial score (nSPS) is 18.5. The van der Waals surface area contributed by atoms with Crippen molar-refractivity contribution in [2.75, 3.05) is 7.11 Å². The van der Waals surface area contributed by atoms with Gasteiger partial charge < -0.3 is 4.74 Å². The van der Waals surface area contributed by atoms with E-state index in [1.54, 1.807) is 13.2 Å². The van der Waals surface area contributed by atoms with Crippen LogP contribution in [0.15, 0.2) is 29.3 Å². The molecule has 0 unspecified atom stereocenters. The van der Waals surface area contributed by atoms with Crippen molar-refractivity contribution in [3.05, 3.63) is 24.3 Å². The second-order valence-electron chi connectivity index (χ2n) is 5.65. The maximum atomic E-state index is 12.6. The monoisotopic (exact) mass is 317 g/mol. The Morgan fingerprint density at radius 2 is 1.83 bits per heavy atom. The lowest BCUT2D eigenvalue weighted by Crippen LogP contribution is -2.62. The summed E-state index contributed by atoms with van der Waals surface area (Å²) in [4.78, 5) is 28.9. The number of aliphatic imine (C=N–C) groups is 1. The van der Waals surface area contributed by atoms with Gasteiger partial charge in [0.1, 0.15) is 17.0 Å². The number of nitrogens with zero attached hydrogens (tertiary/aromatic N) is 1. The van der Waals surface area contributed by atoms with Crippen LogP contribution in [0.2, 0.25) is 0 Å². The zero-order valence-corrected chi connectivity index (χ0v) is 13.8. The van der Waals surface area contributed by atoms with Gasteiger partial charge in [-0.05, 0) is 25.0 Å². The van der Waals surface area contributed by atoms with Crippen LogP contribution in [0.1, 0.15) is 39.5 Å². The van der Waals surface area contributed by atoms with Gasteiger partial charge in [-0.15, -0.1) is 0 Å². The summed E-state index contributed by atoms with van der Waals surface area (Å²) in [6.45, 7) is 4.04. The van der Waals surface area contributed by atoms with Crippen molar-refractivity contribution in [3.63, 3.8) is 0 Å². The Kier molecular flexibility index (Phi) is 5.36. The van der Waals surface area contributed by atoms with E-state index in [1.165, 1.54) is 0 Å². The van der Waals surface area contributed by atoms with Crippen LogP contribution in [0.3, 0.4) is 0 Å². The highest BCUT2D eigenvalue weighted by Gasteiger charge is 2.46. The number of ether oxygens (including phenoxy) is 1. The number of urea groups is 1. The van der Waals surface area contributed by atoms with Gasteiger partial charge in [0.25, 0.3) is 0 Å². The number of rotatable bonds is 6. The standard InChI is InChI=1S/C17H23N3O3/c1-4-9-17(10-5-2)14(19-16(22)20-15(17)21)18-12-7-6-8-13(11-12)23-3/h6-8,11H,4-5,9-10H2,1-3H3,(H2,18,19,20,21,22). The van der Waals surface area contributed by atoms with E-state index in [0.29, 0.717) is 30.1 Å². The van der Waals surface area contributed by atoms with Gasteiger partial charge in [-0.1, -0.05) is 32.8 Å². The van der Waals surface area contributed by atoms with E-state index in [9.17, 15) is 9.59 Å². The summed E-state index contributed by atoms with van der Waals surface area (Å²) in [5.74, 6) is 0.824. The molecule has 1 heterocycles. The van der Waals surface area contributed by atoms with Crippen molar-refractivity contribution in [3.8, 4) is 5.75 Å². The van der Waals surface area contributed by atoms with Gasteiger partial charge in [0.05, 0.1) is 12.8 Å². The molecular formula is C17H23N3O3. The van der Waals surface area contributed by atoms with Gasteiger partial charge in [-0.25, -0.2) is 9.79 Å². The van der Waals surface area contributed by atoms with E-state index in [2.05, 4.69) is 15.6 Å². The summed E-state index contributed by atoms with van der Waals surface area (Å²) in [6, 6.07) is 6.70. The molecule has 6 nitrogen and oxygen atoms in total. The highest BCUT2D eigenvalue weighted by molar-refractivity contribution is 6.21. The van der Waals surface area contributed by atoms with E-state index < -0.39 is 11.4 Å². The van der Waals surface area contributed by atoms with E-state index in [4.69, 9.17) is 4.74 Å². The average Bonchev–Trinajstić information content (AvgIpc) is 2.53. The number of imide groups is 1. The number of carbonyl (C=O) groups is 2. The fourth-order valence-corrected chi connectivity index (χ4v) is 2.98. The van der Waals surface area contributed by atoms with E-state index in [-0.39, 0.29) is 5.91 Å². The van der Waals surface area contributed by atoms with E-state index in [0.717, 1.165) is 12.8 Å². The van der Waals surface area contributed by atoms with Crippen LogP contribution in [0.25, 0.3) is 0 Å². The quantitative estimate of drug-likeness (QED) is 0.846. The highest BCUT2D eigenvalue weighted by Crippen LogP contribution is 2.34. The maximum absolute atomic E-state index is 12.6. The molecule has 0 aromatic heterocycles. The predicted octanol–water partition coefficient (Wildman–Crippen LogP) is 3.15. The largest absolute Gasteiger partial charge is 0.497 e. The van der Waals surface area contributed by atoms with Crippen molar-refractivity contribution >= 4 is 23.5 Å². The molecule has 0 bridgehead atoms. The zero-order chi connectivity index (χ0) is 16.9. The molecule has 3 amide bonds. The van der Waals surface area contributed by atoms with Crippen LogP contribution < -0.4 is 15.4 Å². The summed E-state index contributed by atoms with van der Waals surface area (Å²) in [6.07, 6.45) is 2.91. The molecule has 1 saturated heterocycles. The topological polar surface area (TPSA) is 79.8 Å². The van der Waals surface area contributed by atoms with Gasteiger partial charge in [-0.3, -0.25) is 15.4 Å². The smallest absolute Gasteiger partial charge is 0.326 e. The Bertz CT molecular complexity index is 619. The Morgan fingerprint density at radius 3 is 2.43 bits per heavy atom. The lowest BCUT2D eigenvalue weighted by Gasteiger charge is -2.36. The third-order valence-electron chi connectivity index (χ3n) is 3.99. The molecule has 1 aliphatic rings. The first kappa shape index (κ1) is 17.0. The Hall–Kier alpha value is -2.37. The summed E-state index contributed by atoms with van der Waals surface area (Å²) >= 11 is 0. The Morgan fingerprint density at radius 1 is 1.13 bits per heavy atom. The van der Waals surface area contributed by atoms with Crippen molar-refractivity contribution < 1.29 is 14.3 Å². The minimum absolute atomic E-state index is 0.272. The van der Waals surface area contributed by atoms with Gasteiger partial charge in [0, 0.05) is 6.07 Å². The molecule has 0 aliphatic carbocycles. The molecule has 1 aromatic rings. The van der Waals surface area contributed by atoms with E-state index >= 15 is 0 Å². The highest BCUT2D eigenvalue weighted by atomic mass is 16.5. The third kappa shape index (κ3) is 3.52. The molecule has 2 N–H and O–H groups in total. The number of carbonyl (C=O) groups excluding carboxylic acids is 2. The van der Waals surface area contributed by atoms with Crippen molar-refractivity contribution in [2.24, 2.45) is 10.4 Å². The first-order valence-electron chi connectivity index (χ1n) is 7.91. The molecule has 23 heavy (non-hydrogen) atoms. The molecule has 6 heteroatoms. The second kappa shape index (κ2) is 7.26. The van der Waals surface area contributed by atoms with Crippen LogP contribution in [-0.4, -0.2) is 24.9 Å². The predicted molar refractivity (Wildman–Crippen MR) is 89.0 cm³/mol. The summed E-state index contributed by atoms with van der Waals surface area (Å²) in [5.41, 5.74) is -0.147. The van der Waals surface area contributed by atoms with Gasteiger partial charge >= 0.3 is 6.03 Å². The van der Waals surface area contributed by atoms with Crippen LogP contribution >= 0.6 is 0 Å². The van der Waals surface area contributed by atoms with Crippen molar-refractivity contribution in [2.45, 2.75) is 39.5 Å². The maximum Gasteiger partial charge on any atom is 0.326 e. The summed E-state index contributed by atoms with van der Waals surface area (Å²) < 4.78 is 5.20. The molecule has 1 aliphatic heterocycles. The lowest BCUT2D eigenvalue weighted by molar-refractivity contribution is -0.127. The van der Waals surface area contributed by atoms with Gasteiger partial charge in [0.15, 0.2) is 0 Å². The molecule has 0 radical (unpaired) electrons. The molecule has 0 atom stereocenters. The number of amides is 3. The SMILES string of the molecule is CCCC1(CCC)C(=O)NC(=O)NC1=Nc1cccc(OC)c1. The van der Waals surface area contributed by atoms with Crippen molar-refractivity contribution in [1.29, 1.82) is 0 Å². The first-order chi connectivity index (χ1) is 11.1. The van der Waals surface area contributed by atoms with Crippen LogP contribution in [-0.2, 0) is 4.79 Å². The lowest BCUT2D eigenvalue weighted by atomic mass is 9.76. The van der Waals surface area contributed by atoms with Gasteiger partial charge in [0.2, 0.25) is 5.91 Å². The molecule has 124 valence electrons. The number of hydrogen-bond donors (Lipinski definition) is 2. The van der Waals surface area contributed by atoms with Gasteiger partial charge in [-0.2, -0.15) is 0 Å². The number of methoxy groups -OCH3 is 1. The third-order valence-corrected chi connectivity index (χ3v) is 3.99. The van der Waals surface area contributed by atoms with Crippen LogP contribution in [0, 0.1) is 5.41 Å². The summed E-state index contributed by atoms with van der Waals surface area (Å²) in [7, 11) is 1.58. The molecule has 2 rings (SSSR count). The molecule has 0 saturated carbocycles. The van der Waals surface area contributed by atoms with E-state index in [1.807, 2.05) is 32.0 Å². The fourth-order valence-electron chi connectivity index (χ4n) is 2.98. The molecular weight excluding hydrogens is 294 g/mol. The molecule has 1 fully saturated rings. The number of benzene rings is 1. The van der Waals surface area contributed by atoms with Crippen molar-refractivity contribution in [1.82, 2.24) is 10.6 Å². The molecule has 0 spiro atoms. The molecule has 1 aromatic carbocycles. The first-order valence-corrected chi connectivity index (χ1v) is 7.91. The number of amidine groups is 1. The summed E-state index contributed by atoms with van der Waals surface area (Å²) in [5, 5.41) is 5.12.